The Hall–Kier alpha value is -2.89. The fraction of sp³-hybridized carbons (Fsp3) is 0.409. The van der Waals surface area contributed by atoms with Gasteiger partial charge in [-0.05, 0) is 42.7 Å². The molecule has 2 aliphatic heterocycles. The first-order chi connectivity index (χ1) is 13.4. The number of pyridine rings is 1. The molecule has 0 bridgehead atoms. The van der Waals surface area contributed by atoms with Crippen LogP contribution in [0.3, 0.4) is 0 Å². The van der Waals surface area contributed by atoms with E-state index in [0.717, 1.165) is 23.3 Å². The summed E-state index contributed by atoms with van der Waals surface area (Å²) in [6.07, 6.45) is 4.58. The third kappa shape index (κ3) is 4.01. The van der Waals surface area contributed by atoms with E-state index >= 15 is 0 Å². The molecular formula is C22H25N3O3. The van der Waals surface area contributed by atoms with Crippen LogP contribution in [0.4, 0.5) is 0 Å². The fourth-order valence-electron chi connectivity index (χ4n) is 3.92. The summed E-state index contributed by atoms with van der Waals surface area (Å²) in [5.74, 6) is 0.563. The topological polar surface area (TPSA) is 71.5 Å². The number of amides is 2. The molecule has 2 aromatic rings. The van der Waals surface area contributed by atoms with Gasteiger partial charge in [0.15, 0.2) is 0 Å². The van der Waals surface area contributed by atoms with Gasteiger partial charge < -0.3 is 15.0 Å². The highest BCUT2D eigenvalue weighted by atomic mass is 16.5. The molecule has 146 valence electrons. The lowest BCUT2D eigenvalue weighted by atomic mass is 10.00. The third-order valence-electron chi connectivity index (χ3n) is 5.28. The van der Waals surface area contributed by atoms with Crippen molar-refractivity contribution in [3.63, 3.8) is 0 Å². The van der Waals surface area contributed by atoms with Crippen LogP contribution in [0.25, 0.3) is 0 Å². The molecule has 1 aromatic heterocycles. The number of hydrogen-bond acceptors (Lipinski definition) is 4. The van der Waals surface area contributed by atoms with Gasteiger partial charge in [0.05, 0.1) is 5.92 Å². The maximum Gasteiger partial charge on any atom is 0.225 e. The molecule has 6 heteroatoms. The number of rotatable bonds is 5. The Kier molecular flexibility index (Phi) is 4.79. The Balaban J connectivity index is 1.32. The van der Waals surface area contributed by atoms with Crippen molar-refractivity contribution in [3.8, 4) is 5.75 Å². The van der Waals surface area contributed by atoms with E-state index < -0.39 is 0 Å². The van der Waals surface area contributed by atoms with Crippen LogP contribution in [0, 0.1) is 5.92 Å². The van der Waals surface area contributed by atoms with Crippen LogP contribution in [0.15, 0.2) is 42.7 Å². The first-order valence-electron chi connectivity index (χ1n) is 9.65. The van der Waals surface area contributed by atoms with E-state index in [-0.39, 0.29) is 29.8 Å². The number of benzene rings is 1. The normalized spacial score (nSPS) is 20.0. The van der Waals surface area contributed by atoms with Gasteiger partial charge in [0.1, 0.15) is 11.4 Å². The maximum absolute atomic E-state index is 12.6. The van der Waals surface area contributed by atoms with Gasteiger partial charge in [0.2, 0.25) is 11.8 Å². The molecule has 1 N–H and O–H groups in total. The molecule has 6 nitrogen and oxygen atoms in total. The summed E-state index contributed by atoms with van der Waals surface area (Å²) >= 11 is 0. The largest absolute Gasteiger partial charge is 0.487 e. The summed E-state index contributed by atoms with van der Waals surface area (Å²) in [5.41, 5.74) is 3.02. The van der Waals surface area contributed by atoms with E-state index in [0.29, 0.717) is 19.6 Å². The van der Waals surface area contributed by atoms with Crippen molar-refractivity contribution in [1.29, 1.82) is 0 Å². The number of likely N-dealkylation sites (tertiary alicyclic amines) is 1. The highest BCUT2D eigenvalue weighted by Crippen LogP contribution is 2.35. The number of ether oxygens (including phenoxy) is 1. The smallest absolute Gasteiger partial charge is 0.225 e. The van der Waals surface area contributed by atoms with Crippen LogP contribution in [-0.2, 0) is 29.1 Å². The van der Waals surface area contributed by atoms with E-state index in [9.17, 15) is 9.59 Å². The van der Waals surface area contributed by atoms with E-state index in [4.69, 9.17) is 4.74 Å². The van der Waals surface area contributed by atoms with Gasteiger partial charge in [-0.25, -0.2) is 0 Å². The number of nitrogens with zero attached hydrogens (tertiary/aromatic N) is 2. The van der Waals surface area contributed by atoms with Gasteiger partial charge in [0, 0.05) is 44.9 Å². The Morgan fingerprint density at radius 2 is 2.18 bits per heavy atom. The highest BCUT2D eigenvalue weighted by molar-refractivity contribution is 5.89. The second-order valence-corrected chi connectivity index (χ2v) is 8.23. The van der Waals surface area contributed by atoms with E-state index in [1.807, 2.05) is 24.3 Å². The van der Waals surface area contributed by atoms with Crippen LogP contribution >= 0.6 is 0 Å². The van der Waals surface area contributed by atoms with Crippen LogP contribution in [-0.4, -0.2) is 33.8 Å². The van der Waals surface area contributed by atoms with Crippen molar-refractivity contribution < 1.29 is 14.3 Å². The molecule has 2 amide bonds. The number of fused-ring (bicyclic) bond motifs is 1. The Morgan fingerprint density at radius 1 is 1.32 bits per heavy atom. The van der Waals surface area contributed by atoms with Crippen molar-refractivity contribution in [1.82, 2.24) is 15.2 Å². The Labute approximate surface area is 164 Å². The molecule has 0 aliphatic carbocycles. The van der Waals surface area contributed by atoms with Crippen LogP contribution in [0.2, 0.25) is 0 Å². The van der Waals surface area contributed by atoms with Crippen LogP contribution in [0.5, 0.6) is 5.75 Å². The van der Waals surface area contributed by atoms with Crippen LogP contribution < -0.4 is 10.1 Å². The monoisotopic (exact) mass is 379 g/mol. The average Bonchev–Trinajstić information content (AvgIpc) is 3.18. The molecule has 3 heterocycles. The second-order valence-electron chi connectivity index (χ2n) is 8.23. The van der Waals surface area contributed by atoms with Gasteiger partial charge in [-0.2, -0.15) is 0 Å². The Morgan fingerprint density at radius 3 is 2.96 bits per heavy atom. The van der Waals surface area contributed by atoms with Crippen molar-refractivity contribution in [2.75, 3.05) is 6.54 Å². The summed E-state index contributed by atoms with van der Waals surface area (Å²) in [7, 11) is 0. The number of aromatic nitrogens is 1. The quantitative estimate of drug-likeness (QED) is 0.866. The number of carbonyl (C=O) groups excluding carboxylic acids is 2. The van der Waals surface area contributed by atoms with Crippen molar-refractivity contribution >= 4 is 11.8 Å². The zero-order valence-electron chi connectivity index (χ0n) is 16.3. The number of carbonyl (C=O) groups is 2. The predicted octanol–water partition coefficient (Wildman–Crippen LogP) is 2.46. The van der Waals surface area contributed by atoms with Gasteiger partial charge in [0.25, 0.3) is 0 Å². The average molecular weight is 379 g/mol. The first kappa shape index (κ1) is 18.5. The predicted molar refractivity (Wildman–Crippen MR) is 104 cm³/mol. The minimum atomic E-state index is -0.305. The molecule has 0 spiro atoms. The fourth-order valence-corrected chi connectivity index (χ4v) is 3.92. The summed E-state index contributed by atoms with van der Waals surface area (Å²) in [5, 5.41) is 2.99. The van der Waals surface area contributed by atoms with Gasteiger partial charge in [-0.15, -0.1) is 0 Å². The molecule has 1 atom stereocenters. The van der Waals surface area contributed by atoms with Crippen molar-refractivity contribution in [2.45, 2.75) is 45.4 Å². The molecule has 1 fully saturated rings. The molecule has 28 heavy (non-hydrogen) atoms. The zero-order valence-corrected chi connectivity index (χ0v) is 16.3. The maximum atomic E-state index is 12.6. The molecule has 4 rings (SSSR count). The van der Waals surface area contributed by atoms with Gasteiger partial charge in [-0.1, -0.05) is 18.2 Å². The van der Waals surface area contributed by atoms with E-state index in [2.05, 4.69) is 30.2 Å². The van der Waals surface area contributed by atoms with Crippen molar-refractivity contribution in [3.05, 3.63) is 59.4 Å². The zero-order chi connectivity index (χ0) is 19.7. The molecule has 0 unspecified atom stereocenters. The van der Waals surface area contributed by atoms with E-state index in [1.165, 1.54) is 5.56 Å². The van der Waals surface area contributed by atoms with Gasteiger partial charge in [-0.3, -0.25) is 14.6 Å². The lowest BCUT2D eigenvalue weighted by molar-refractivity contribution is -0.129. The summed E-state index contributed by atoms with van der Waals surface area (Å²) in [6.45, 7) is 5.55. The molecule has 0 saturated carbocycles. The summed E-state index contributed by atoms with van der Waals surface area (Å²) < 4.78 is 5.89. The lowest BCUT2D eigenvalue weighted by Crippen LogP contribution is -2.32. The summed E-state index contributed by atoms with van der Waals surface area (Å²) in [6, 6.07) is 9.84. The molecular weight excluding hydrogens is 354 g/mol. The number of nitrogens with one attached hydrogen (secondary N) is 1. The Bertz CT molecular complexity index is 895. The SMILES string of the molecule is CC1(C)Cc2cc(CNC(=O)[C@@H]3CC(=O)N(Cc4cccnc4)C3)ccc2O1. The molecule has 1 aromatic carbocycles. The minimum Gasteiger partial charge on any atom is -0.487 e. The molecule has 1 saturated heterocycles. The molecule has 0 radical (unpaired) electrons. The second kappa shape index (κ2) is 7.26. The first-order valence-corrected chi connectivity index (χ1v) is 9.65. The summed E-state index contributed by atoms with van der Waals surface area (Å²) in [4.78, 5) is 30.6. The van der Waals surface area contributed by atoms with Crippen LogP contribution in [0.1, 0.15) is 37.0 Å². The van der Waals surface area contributed by atoms with Crippen molar-refractivity contribution in [2.24, 2.45) is 5.92 Å². The number of hydrogen-bond donors (Lipinski definition) is 1. The highest BCUT2D eigenvalue weighted by Gasteiger charge is 2.34. The van der Waals surface area contributed by atoms with Gasteiger partial charge >= 0.3 is 0 Å². The third-order valence-corrected chi connectivity index (χ3v) is 5.28. The lowest BCUT2D eigenvalue weighted by Gasteiger charge is -2.16. The van der Waals surface area contributed by atoms with E-state index in [1.54, 1.807) is 17.3 Å². The molecule has 2 aliphatic rings. The minimum absolute atomic E-state index is 0.0147. The standard InChI is InChI=1S/C22H25N3O3/c1-22(2)10-17-8-15(5-6-19(17)28-22)12-24-21(27)18-9-20(26)25(14-18)13-16-4-3-7-23-11-16/h3-8,11,18H,9-10,12-14H2,1-2H3,(H,24,27)/t18-/m1/s1.